The molecule has 3 heterocycles. The monoisotopic (exact) mass is 519 g/mol. The molecular formula is C31H26BNO4S. The Kier molecular flexibility index (Phi) is 5.05. The third-order valence-electron chi connectivity index (χ3n) is 7.78. The van der Waals surface area contributed by atoms with Gasteiger partial charge in [0.05, 0.1) is 21.4 Å². The van der Waals surface area contributed by atoms with Crippen LogP contribution in [-0.4, -0.2) is 28.8 Å². The standard InChI is InChI=1S/C31H26BNO4S/c1-30(2,34)31(3,4)37-32-21-9-7-11-25-28(21)20-15-22-27(16-26(20)36-25)38-29(33-22)17-12-13-24-19(14-17)18-8-5-6-10-23(18)35-24/h5-16,32,34H,1-4H3. The number of aliphatic hydroxyl groups is 1. The fraction of sp³-hybridized carbons (Fsp3) is 0.194. The third kappa shape index (κ3) is 3.65. The van der Waals surface area contributed by atoms with Crippen LogP contribution in [0.4, 0.5) is 0 Å². The highest BCUT2D eigenvalue weighted by Gasteiger charge is 2.36. The summed E-state index contributed by atoms with van der Waals surface area (Å²) < 4.78 is 19.6. The first kappa shape index (κ1) is 23.5. The van der Waals surface area contributed by atoms with Crippen LogP contribution < -0.4 is 5.46 Å². The van der Waals surface area contributed by atoms with Gasteiger partial charge >= 0.3 is 7.48 Å². The van der Waals surface area contributed by atoms with E-state index in [1.165, 1.54) is 0 Å². The van der Waals surface area contributed by atoms with Crippen molar-refractivity contribution in [2.24, 2.45) is 0 Å². The van der Waals surface area contributed by atoms with Gasteiger partial charge in [0.25, 0.3) is 0 Å². The van der Waals surface area contributed by atoms with Crippen LogP contribution in [0.5, 0.6) is 0 Å². The van der Waals surface area contributed by atoms with Crippen molar-refractivity contribution in [3.63, 3.8) is 0 Å². The molecule has 0 aliphatic carbocycles. The van der Waals surface area contributed by atoms with Crippen LogP contribution in [0.1, 0.15) is 27.7 Å². The molecule has 0 saturated carbocycles. The summed E-state index contributed by atoms with van der Waals surface area (Å²) in [4.78, 5) is 5.02. The number of aromatic nitrogens is 1. The number of nitrogens with zero attached hydrogens (tertiary/aromatic N) is 1. The summed E-state index contributed by atoms with van der Waals surface area (Å²) in [6.07, 6.45) is 0. The maximum atomic E-state index is 10.5. The van der Waals surface area contributed by atoms with Gasteiger partial charge in [0, 0.05) is 33.2 Å². The lowest BCUT2D eigenvalue weighted by Crippen LogP contribution is -2.49. The Hall–Kier alpha value is -3.65. The van der Waals surface area contributed by atoms with E-state index in [9.17, 15) is 5.11 Å². The molecule has 4 aromatic carbocycles. The van der Waals surface area contributed by atoms with Crippen molar-refractivity contribution in [2.75, 3.05) is 0 Å². The lowest BCUT2D eigenvalue weighted by Gasteiger charge is -2.37. The third-order valence-corrected chi connectivity index (χ3v) is 8.84. The van der Waals surface area contributed by atoms with Gasteiger partial charge in [-0.15, -0.1) is 11.3 Å². The number of rotatable bonds is 5. The first-order chi connectivity index (χ1) is 18.2. The number of hydrogen-bond donors (Lipinski definition) is 1. The van der Waals surface area contributed by atoms with Crippen molar-refractivity contribution in [2.45, 2.75) is 38.9 Å². The molecule has 38 heavy (non-hydrogen) atoms. The predicted octanol–water partition coefficient (Wildman–Crippen LogP) is 7.31. The van der Waals surface area contributed by atoms with Gasteiger partial charge in [0.2, 0.25) is 0 Å². The van der Waals surface area contributed by atoms with Crippen LogP contribution in [0, 0.1) is 0 Å². The SMILES string of the molecule is CC(C)(O)C(C)(C)OBc1cccc2oc3cc4sc(-c5ccc6oc7ccccc7c6c5)nc4cc3c12. The fourth-order valence-electron chi connectivity index (χ4n) is 4.86. The van der Waals surface area contributed by atoms with E-state index in [1.807, 2.05) is 50.2 Å². The van der Waals surface area contributed by atoms with Gasteiger partial charge in [-0.2, -0.15) is 0 Å². The first-order valence-corrected chi connectivity index (χ1v) is 13.5. The molecule has 7 heteroatoms. The van der Waals surface area contributed by atoms with E-state index in [2.05, 4.69) is 36.4 Å². The van der Waals surface area contributed by atoms with Crippen LogP contribution >= 0.6 is 11.3 Å². The van der Waals surface area contributed by atoms with E-state index in [0.29, 0.717) is 7.48 Å². The minimum atomic E-state index is -0.978. The van der Waals surface area contributed by atoms with Crippen molar-refractivity contribution in [1.29, 1.82) is 0 Å². The largest absolute Gasteiger partial charge is 0.456 e. The Balaban J connectivity index is 1.32. The quantitative estimate of drug-likeness (QED) is 0.242. The average molecular weight is 519 g/mol. The number of hydrogen-bond acceptors (Lipinski definition) is 6. The Morgan fingerprint density at radius 3 is 2.39 bits per heavy atom. The van der Waals surface area contributed by atoms with Gasteiger partial charge in [-0.05, 0) is 69.6 Å². The molecule has 0 spiro atoms. The first-order valence-electron chi connectivity index (χ1n) is 12.7. The highest BCUT2D eigenvalue weighted by Crippen LogP contribution is 2.38. The average Bonchev–Trinajstić information content (AvgIpc) is 3.57. The predicted molar refractivity (Wildman–Crippen MR) is 158 cm³/mol. The highest BCUT2D eigenvalue weighted by molar-refractivity contribution is 7.21. The Morgan fingerprint density at radius 2 is 1.55 bits per heavy atom. The van der Waals surface area contributed by atoms with Gasteiger partial charge in [-0.1, -0.05) is 30.3 Å². The molecule has 0 amide bonds. The minimum absolute atomic E-state index is 0.363. The lowest BCUT2D eigenvalue weighted by atomic mass is 9.80. The van der Waals surface area contributed by atoms with E-state index in [1.54, 1.807) is 25.2 Å². The number of benzene rings is 4. The van der Waals surface area contributed by atoms with Crippen molar-refractivity contribution < 1.29 is 18.6 Å². The Labute approximate surface area is 223 Å². The minimum Gasteiger partial charge on any atom is -0.456 e. The number of thiazole rings is 1. The summed E-state index contributed by atoms with van der Waals surface area (Å²) in [5.74, 6) is 0. The van der Waals surface area contributed by atoms with E-state index in [-0.39, 0.29) is 0 Å². The summed E-state index contributed by atoms with van der Waals surface area (Å²) in [7, 11) is 0.363. The van der Waals surface area contributed by atoms with Crippen LogP contribution in [0.2, 0.25) is 0 Å². The summed E-state index contributed by atoms with van der Waals surface area (Å²) in [6.45, 7) is 7.35. The second kappa shape index (κ2) is 8.17. The van der Waals surface area contributed by atoms with Crippen LogP contribution in [0.15, 0.2) is 81.6 Å². The molecule has 0 fully saturated rings. The topological polar surface area (TPSA) is 68.6 Å². The molecule has 0 saturated heterocycles. The lowest BCUT2D eigenvalue weighted by molar-refractivity contribution is -0.0893. The van der Waals surface area contributed by atoms with Crippen LogP contribution in [0.3, 0.4) is 0 Å². The maximum Gasteiger partial charge on any atom is 0.310 e. The van der Waals surface area contributed by atoms with E-state index < -0.39 is 11.2 Å². The molecule has 0 atom stereocenters. The van der Waals surface area contributed by atoms with Gasteiger partial charge in [0.1, 0.15) is 27.3 Å². The van der Waals surface area contributed by atoms with Crippen molar-refractivity contribution in [3.8, 4) is 10.6 Å². The summed E-state index contributed by atoms with van der Waals surface area (Å²) in [5.41, 5.74) is 4.74. The zero-order valence-corrected chi connectivity index (χ0v) is 22.5. The number of para-hydroxylation sites is 1. The molecule has 1 N–H and O–H groups in total. The molecule has 0 aliphatic heterocycles. The molecule has 7 rings (SSSR count). The summed E-state index contributed by atoms with van der Waals surface area (Å²) in [5, 5.41) is 15.7. The van der Waals surface area contributed by atoms with E-state index in [0.717, 1.165) is 70.1 Å². The fourth-order valence-corrected chi connectivity index (χ4v) is 5.83. The molecule has 0 aliphatic rings. The zero-order valence-electron chi connectivity index (χ0n) is 21.7. The van der Waals surface area contributed by atoms with E-state index >= 15 is 0 Å². The molecule has 0 radical (unpaired) electrons. The van der Waals surface area contributed by atoms with Gasteiger partial charge in [-0.3, -0.25) is 0 Å². The van der Waals surface area contributed by atoms with Crippen LogP contribution in [-0.2, 0) is 4.65 Å². The smallest absolute Gasteiger partial charge is 0.310 e. The van der Waals surface area contributed by atoms with E-state index in [4.69, 9.17) is 18.5 Å². The number of furan rings is 2. The van der Waals surface area contributed by atoms with Gasteiger partial charge < -0.3 is 18.6 Å². The second-order valence-electron chi connectivity index (χ2n) is 10.9. The van der Waals surface area contributed by atoms with Crippen molar-refractivity contribution in [3.05, 3.63) is 72.8 Å². The highest BCUT2D eigenvalue weighted by atomic mass is 32.1. The summed E-state index contributed by atoms with van der Waals surface area (Å²) >= 11 is 1.66. The normalized spacial score (nSPS) is 13.0. The molecule has 7 aromatic rings. The molecule has 0 unspecified atom stereocenters. The Morgan fingerprint density at radius 1 is 0.789 bits per heavy atom. The van der Waals surface area contributed by atoms with Crippen molar-refractivity contribution in [1.82, 2.24) is 4.98 Å². The van der Waals surface area contributed by atoms with Gasteiger partial charge in [0.15, 0.2) is 0 Å². The van der Waals surface area contributed by atoms with Crippen molar-refractivity contribution >= 4 is 78.4 Å². The zero-order chi connectivity index (χ0) is 26.2. The second-order valence-corrected chi connectivity index (χ2v) is 11.9. The Bertz CT molecular complexity index is 2010. The molecule has 188 valence electrons. The molecular weight excluding hydrogens is 493 g/mol. The van der Waals surface area contributed by atoms with Gasteiger partial charge in [-0.25, -0.2) is 4.98 Å². The molecule has 0 bridgehead atoms. The molecule has 5 nitrogen and oxygen atoms in total. The molecule has 3 aromatic heterocycles. The maximum absolute atomic E-state index is 10.5. The van der Waals surface area contributed by atoms with Crippen LogP contribution in [0.25, 0.3) is 64.7 Å². The summed E-state index contributed by atoms with van der Waals surface area (Å²) in [6, 6.07) is 24.6. The number of fused-ring (bicyclic) bond motifs is 7.